The van der Waals surface area contributed by atoms with Crippen LogP contribution in [0.4, 0.5) is 14.5 Å². The number of aryl methyl sites for hydroxylation is 2. The molecule has 18 heavy (non-hydrogen) atoms. The number of nitrogens with two attached hydrogens (primary N) is 1. The molecule has 0 amide bonds. The number of benzene rings is 2. The summed E-state index contributed by atoms with van der Waals surface area (Å²) in [5.41, 5.74) is 7.81. The van der Waals surface area contributed by atoms with Crippen molar-refractivity contribution in [1.29, 1.82) is 0 Å². The lowest BCUT2D eigenvalue weighted by molar-refractivity contribution is 0.581. The average molecular weight is 265 g/mol. The fourth-order valence-electron chi connectivity index (χ4n) is 1.68. The zero-order valence-corrected chi connectivity index (χ0v) is 10.9. The second-order valence-electron chi connectivity index (χ2n) is 4.17. The van der Waals surface area contributed by atoms with Crippen molar-refractivity contribution < 1.29 is 8.78 Å². The van der Waals surface area contributed by atoms with E-state index in [9.17, 15) is 8.78 Å². The van der Waals surface area contributed by atoms with Gasteiger partial charge in [-0.3, -0.25) is 0 Å². The Bertz CT molecular complexity index is 597. The first-order valence-corrected chi connectivity index (χ1v) is 6.28. The van der Waals surface area contributed by atoms with E-state index in [0.29, 0.717) is 4.90 Å². The first-order chi connectivity index (χ1) is 8.47. The van der Waals surface area contributed by atoms with Gasteiger partial charge in [-0.15, -0.1) is 0 Å². The van der Waals surface area contributed by atoms with Crippen molar-refractivity contribution in [3.05, 3.63) is 53.1 Å². The largest absolute Gasteiger partial charge is 0.395 e. The fourth-order valence-corrected chi connectivity index (χ4v) is 2.65. The summed E-state index contributed by atoms with van der Waals surface area (Å²) in [5.74, 6) is -1.34. The Balaban J connectivity index is 2.40. The van der Waals surface area contributed by atoms with Crippen LogP contribution in [0.1, 0.15) is 11.1 Å². The molecule has 0 heterocycles. The van der Waals surface area contributed by atoms with Gasteiger partial charge in [-0.05, 0) is 31.5 Å². The Morgan fingerprint density at radius 1 is 1.00 bits per heavy atom. The van der Waals surface area contributed by atoms with Crippen LogP contribution in [0, 0.1) is 25.5 Å². The van der Waals surface area contributed by atoms with E-state index in [2.05, 4.69) is 0 Å². The van der Waals surface area contributed by atoms with Crippen LogP contribution in [-0.2, 0) is 0 Å². The maximum absolute atomic E-state index is 13.3. The van der Waals surface area contributed by atoms with Gasteiger partial charge < -0.3 is 5.73 Å². The van der Waals surface area contributed by atoms with Gasteiger partial charge in [0.25, 0.3) is 0 Å². The second-order valence-corrected chi connectivity index (χ2v) is 5.25. The van der Waals surface area contributed by atoms with Crippen LogP contribution < -0.4 is 5.73 Å². The zero-order chi connectivity index (χ0) is 13.3. The minimum atomic E-state index is -0.720. The fraction of sp³-hybridized carbons (Fsp3) is 0.143. The van der Waals surface area contributed by atoms with E-state index in [1.807, 2.05) is 32.0 Å². The van der Waals surface area contributed by atoms with Gasteiger partial charge in [0.15, 0.2) is 0 Å². The molecule has 2 aromatic carbocycles. The lowest BCUT2D eigenvalue weighted by Crippen LogP contribution is -1.95. The Morgan fingerprint density at radius 3 is 2.39 bits per heavy atom. The molecule has 94 valence electrons. The van der Waals surface area contributed by atoms with E-state index in [0.717, 1.165) is 22.1 Å². The first kappa shape index (κ1) is 12.9. The van der Waals surface area contributed by atoms with Crippen molar-refractivity contribution in [2.75, 3.05) is 5.73 Å². The van der Waals surface area contributed by atoms with Crippen LogP contribution in [0.5, 0.6) is 0 Å². The summed E-state index contributed by atoms with van der Waals surface area (Å²) < 4.78 is 26.5. The van der Waals surface area contributed by atoms with Crippen molar-refractivity contribution in [2.45, 2.75) is 23.6 Å². The van der Waals surface area contributed by atoms with Gasteiger partial charge in [0.05, 0.1) is 5.69 Å². The van der Waals surface area contributed by atoms with Crippen LogP contribution >= 0.6 is 11.8 Å². The number of nitrogen functional groups attached to an aromatic ring is 1. The number of hydrogen-bond donors (Lipinski definition) is 1. The van der Waals surface area contributed by atoms with E-state index >= 15 is 0 Å². The maximum Gasteiger partial charge on any atom is 0.150 e. The number of halogens is 2. The Hall–Kier alpha value is -1.55. The molecule has 0 saturated carbocycles. The predicted molar refractivity (Wildman–Crippen MR) is 70.8 cm³/mol. The van der Waals surface area contributed by atoms with Crippen molar-refractivity contribution in [2.24, 2.45) is 0 Å². The van der Waals surface area contributed by atoms with Gasteiger partial charge in [0.2, 0.25) is 0 Å². The maximum atomic E-state index is 13.3. The van der Waals surface area contributed by atoms with E-state index in [1.54, 1.807) is 0 Å². The third-order valence-corrected chi connectivity index (χ3v) is 3.84. The molecule has 0 aliphatic carbocycles. The molecule has 4 heteroatoms. The normalized spacial score (nSPS) is 10.7. The summed E-state index contributed by atoms with van der Waals surface area (Å²) in [4.78, 5) is 1.34. The van der Waals surface area contributed by atoms with Gasteiger partial charge in [-0.1, -0.05) is 29.5 Å². The molecule has 0 unspecified atom stereocenters. The van der Waals surface area contributed by atoms with E-state index in [4.69, 9.17) is 5.73 Å². The Morgan fingerprint density at radius 2 is 1.72 bits per heavy atom. The van der Waals surface area contributed by atoms with Gasteiger partial charge in [0, 0.05) is 15.9 Å². The highest BCUT2D eigenvalue weighted by Gasteiger charge is 2.10. The SMILES string of the molecule is Cc1ccc(Sc2cc(F)cc(F)c2N)c(C)c1. The van der Waals surface area contributed by atoms with Crippen molar-refractivity contribution in [3.63, 3.8) is 0 Å². The highest BCUT2D eigenvalue weighted by atomic mass is 32.2. The molecule has 2 rings (SSSR count). The third-order valence-electron chi connectivity index (χ3n) is 2.61. The third kappa shape index (κ3) is 2.64. The quantitative estimate of drug-likeness (QED) is 0.819. The second kappa shape index (κ2) is 4.98. The minimum Gasteiger partial charge on any atom is -0.395 e. The van der Waals surface area contributed by atoms with Gasteiger partial charge >= 0.3 is 0 Å². The molecule has 0 bridgehead atoms. The van der Waals surface area contributed by atoms with E-state index in [1.165, 1.54) is 17.8 Å². The summed E-state index contributed by atoms with van der Waals surface area (Å²) >= 11 is 1.27. The molecule has 0 aliphatic heterocycles. The summed E-state index contributed by atoms with van der Waals surface area (Å²) in [5, 5.41) is 0. The summed E-state index contributed by atoms with van der Waals surface area (Å²) in [6.07, 6.45) is 0. The number of rotatable bonds is 2. The lowest BCUT2D eigenvalue weighted by atomic mass is 10.2. The molecule has 0 fully saturated rings. The number of hydrogen-bond acceptors (Lipinski definition) is 2. The van der Waals surface area contributed by atoms with Crippen LogP contribution in [0.3, 0.4) is 0 Å². The van der Waals surface area contributed by atoms with Crippen molar-refractivity contribution in [1.82, 2.24) is 0 Å². The molecule has 0 saturated heterocycles. The lowest BCUT2D eigenvalue weighted by Gasteiger charge is -2.09. The summed E-state index contributed by atoms with van der Waals surface area (Å²) in [7, 11) is 0. The molecule has 0 atom stereocenters. The molecule has 2 aromatic rings. The zero-order valence-electron chi connectivity index (χ0n) is 10.1. The average Bonchev–Trinajstić information content (AvgIpc) is 2.29. The topological polar surface area (TPSA) is 26.0 Å². The van der Waals surface area contributed by atoms with Gasteiger partial charge in [-0.2, -0.15) is 0 Å². The monoisotopic (exact) mass is 265 g/mol. The van der Waals surface area contributed by atoms with Gasteiger partial charge in [-0.25, -0.2) is 8.78 Å². The Kier molecular flexibility index (Phi) is 3.57. The molecule has 1 nitrogen and oxygen atoms in total. The molecular formula is C14H13F2NS. The standard InChI is InChI=1S/C14H13F2NS/c1-8-3-4-12(9(2)5-8)18-13-7-10(15)6-11(16)14(13)17/h3-7H,17H2,1-2H3. The van der Waals surface area contributed by atoms with Crippen molar-refractivity contribution in [3.8, 4) is 0 Å². The van der Waals surface area contributed by atoms with E-state index < -0.39 is 11.6 Å². The molecule has 0 radical (unpaired) electrons. The Labute approximate surface area is 109 Å². The highest BCUT2D eigenvalue weighted by Crippen LogP contribution is 2.35. The summed E-state index contributed by atoms with van der Waals surface area (Å²) in [6, 6.07) is 7.96. The van der Waals surface area contributed by atoms with Crippen LogP contribution in [0.2, 0.25) is 0 Å². The molecule has 0 spiro atoms. The highest BCUT2D eigenvalue weighted by molar-refractivity contribution is 7.99. The van der Waals surface area contributed by atoms with Crippen LogP contribution in [0.15, 0.2) is 40.1 Å². The van der Waals surface area contributed by atoms with Gasteiger partial charge in [0.1, 0.15) is 11.6 Å². The molecule has 2 N–H and O–H groups in total. The molecule has 0 aromatic heterocycles. The minimum absolute atomic E-state index is 0.0126. The number of anilines is 1. The van der Waals surface area contributed by atoms with Crippen molar-refractivity contribution >= 4 is 17.4 Å². The predicted octanol–water partition coefficient (Wildman–Crippen LogP) is 4.32. The smallest absolute Gasteiger partial charge is 0.150 e. The van der Waals surface area contributed by atoms with E-state index in [-0.39, 0.29) is 5.69 Å². The van der Waals surface area contributed by atoms with Crippen LogP contribution in [0.25, 0.3) is 0 Å². The molecular weight excluding hydrogens is 252 g/mol. The summed E-state index contributed by atoms with van der Waals surface area (Å²) in [6.45, 7) is 3.96. The first-order valence-electron chi connectivity index (χ1n) is 5.47. The molecule has 0 aliphatic rings. The van der Waals surface area contributed by atoms with Crippen LogP contribution in [-0.4, -0.2) is 0 Å².